The molecular weight excluding hydrogens is 328 g/mol. The van der Waals surface area contributed by atoms with Crippen LogP contribution in [0.2, 0.25) is 0 Å². The Morgan fingerprint density at radius 3 is 2.88 bits per heavy atom. The van der Waals surface area contributed by atoms with Gasteiger partial charge < -0.3 is 14.6 Å². The predicted molar refractivity (Wildman–Crippen MR) is 104 cm³/mol. The van der Waals surface area contributed by atoms with Crippen molar-refractivity contribution >= 4 is 5.97 Å². The molecule has 1 heterocycles. The van der Waals surface area contributed by atoms with Crippen LogP contribution < -0.4 is 9.47 Å². The second kappa shape index (κ2) is 10.2. The zero-order chi connectivity index (χ0) is 18.8. The van der Waals surface area contributed by atoms with Crippen molar-refractivity contribution < 1.29 is 19.4 Å². The van der Waals surface area contributed by atoms with Crippen molar-refractivity contribution in [2.24, 2.45) is 0 Å². The zero-order valence-electron chi connectivity index (χ0n) is 16.1. The zero-order valence-corrected chi connectivity index (χ0v) is 16.1. The number of aliphatic carboxylic acids is 1. The highest BCUT2D eigenvalue weighted by Crippen LogP contribution is 2.36. The molecule has 0 aliphatic carbocycles. The Kier molecular flexibility index (Phi) is 8.02. The molecule has 0 radical (unpaired) electrons. The van der Waals surface area contributed by atoms with Crippen molar-refractivity contribution in [3.63, 3.8) is 0 Å². The minimum absolute atomic E-state index is 0.00882. The largest absolute Gasteiger partial charge is 0.493 e. The molecule has 0 bridgehead atoms. The maximum absolute atomic E-state index is 10.6. The standard InChI is InChI=1S/C22H32O4/c1-3-4-5-6-7-8-9-14-22(2)15-12-18-17-19(10-11-20(18)26-22)25-16-13-21(23)24/h9-11,14,17H,3-8,12-13,15-16H2,1-2H3,(H,23,24)/b14-9+. The van der Waals surface area contributed by atoms with E-state index in [2.05, 4.69) is 26.0 Å². The van der Waals surface area contributed by atoms with Gasteiger partial charge in [-0.25, -0.2) is 0 Å². The van der Waals surface area contributed by atoms with Crippen LogP contribution in [0.1, 0.15) is 70.8 Å². The van der Waals surface area contributed by atoms with Gasteiger partial charge in [0.2, 0.25) is 0 Å². The maximum atomic E-state index is 10.6. The summed E-state index contributed by atoms with van der Waals surface area (Å²) in [7, 11) is 0. The maximum Gasteiger partial charge on any atom is 0.306 e. The fourth-order valence-corrected chi connectivity index (χ4v) is 3.20. The fourth-order valence-electron chi connectivity index (χ4n) is 3.20. The van der Waals surface area contributed by atoms with Crippen LogP contribution in [0.4, 0.5) is 0 Å². The number of carbonyl (C=O) groups is 1. The van der Waals surface area contributed by atoms with Crippen LogP contribution >= 0.6 is 0 Å². The number of hydrogen-bond donors (Lipinski definition) is 1. The van der Waals surface area contributed by atoms with E-state index in [-0.39, 0.29) is 18.6 Å². The molecule has 4 nitrogen and oxygen atoms in total. The summed E-state index contributed by atoms with van der Waals surface area (Å²) < 4.78 is 11.7. The SMILES string of the molecule is CCCCCCC/C=C/C1(C)CCc2cc(OCCC(=O)O)ccc2O1. The lowest BCUT2D eigenvalue weighted by Gasteiger charge is -2.33. The van der Waals surface area contributed by atoms with E-state index < -0.39 is 5.97 Å². The third kappa shape index (κ3) is 6.74. The molecule has 1 aromatic carbocycles. The number of hydrogen-bond acceptors (Lipinski definition) is 3. The number of ether oxygens (including phenoxy) is 2. The lowest BCUT2D eigenvalue weighted by Crippen LogP contribution is -2.34. The van der Waals surface area contributed by atoms with Gasteiger partial charge in [-0.2, -0.15) is 0 Å². The van der Waals surface area contributed by atoms with Gasteiger partial charge in [0.25, 0.3) is 0 Å². The summed E-state index contributed by atoms with van der Waals surface area (Å²) in [6.07, 6.45) is 14.0. The molecule has 2 rings (SSSR count). The van der Waals surface area contributed by atoms with E-state index in [0.717, 1.165) is 30.6 Å². The molecule has 0 aromatic heterocycles. The fraction of sp³-hybridized carbons (Fsp3) is 0.591. The first-order valence-corrected chi connectivity index (χ1v) is 9.86. The summed E-state index contributed by atoms with van der Waals surface area (Å²) in [5, 5.41) is 8.68. The van der Waals surface area contributed by atoms with Gasteiger partial charge in [-0.15, -0.1) is 0 Å². The average Bonchev–Trinajstić information content (AvgIpc) is 2.61. The lowest BCUT2D eigenvalue weighted by atomic mass is 9.91. The molecule has 1 aromatic rings. The highest BCUT2D eigenvalue weighted by Gasteiger charge is 2.29. The smallest absolute Gasteiger partial charge is 0.306 e. The van der Waals surface area contributed by atoms with Crippen LogP contribution in [-0.2, 0) is 11.2 Å². The van der Waals surface area contributed by atoms with Gasteiger partial charge in [0, 0.05) is 0 Å². The van der Waals surface area contributed by atoms with Gasteiger partial charge in [0.05, 0.1) is 13.0 Å². The summed E-state index contributed by atoms with van der Waals surface area (Å²) >= 11 is 0. The molecule has 144 valence electrons. The summed E-state index contributed by atoms with van der Waals surface area (Å²) in [5.74, 6) is 0.760. The van der Waals surface area contributed by atoms with Gasteiger partial charge in [0.1, 0.15) is 17.1 Å². The Balaban J connectivity index is 1.83. The van der Waals surface area contributed by atoms with Crippen molar-refractivity contribution in [2.45, 2.75) is 77.2 Å². The second-order valence-electron chi connectivity index (χ2n) is 7.28. The molecule has 0 saturated heterocycles. The molecule has 0 amide bonds. The van der Waals surface area contributed by atoms with Gasteiger partial charge in [-0.1, -0.05) is 38.7 Å². The minimum atomic E-state index is -0.848. The average molecular weight is 360 g/mol. The molecule has 26 heavy (non-hydrogen) atoms. The molecule has 0 spiro atoms. The number of fused-ring (bicyclic) bond motifs is 1. The number of carboxylic acid groups (broad SMARTS) is 1. The van der Waals surface area contributed by atoms with Crippen LogP contribution in [0.5, 0.6) is 11.5 Å². The molecule has 1 N–H and O–H groups in total. The summed E-state index contributed by atoms with van der Waals surface area (Å²) in [4.78, 5) is 10.6. The first kappa shape index (κ1) is 20.3. The molecule has 1 unspecified atom stereocenters. The van der Waals surface area contributed by atoms with Crippen LogP contribution in [0.25, 0.3) is 0 Å². The van der Waals surface area contributed by atoms with Crippen molar-refractivity contribution in [3.05, 3.63) is 35.9 Å². The van der Waals surface area contributed by atoms with E-state index in [1.165, 1.54) is 32.1 Å². The van der Waals surface area contributed by atoms with Gasteiger partial charge in [-0.05, 0) is 62.4 Å². The molecule has 0 fully saturated rings. The molecule has 1 aliphatic heterocycles. The van der Waals surface area contributed by atoms with Gasteiger partial charge in [0.15, 0.2) is 0 Å². The molecule has 1 aliphatic rings. The van der Waals surface area contributed by atoms with Crippen molar-refractivity contribution in [1.82, 2.24) is 0 Å². The third-order valence-corrected chi connectivity index (χ3v) is 4.80. The van der Waals surface area contributed by atoms with Crippen LogP contribution in [0.3, 0.4) is 0 Å². The van der Waals surface area contributed by atoms with Gasteiger partial charge >= 0.3 is 5.97 Å². The number of aryl methyl sites for hydroxylation is 1. The number of carboxylic acids is 1. The Morgan fingerprint density at radius 2 is 2.12 bits per heavy atom. The van der Waals surface area contributed by atoms with E-state index in [0.29, 0.717) is 5.75 Å². The first-order chi connectivity index (χ1) is 12.5. The summed E-state index contributed by atoms with van der Waals surface area (Å²) in [6.45, 7) is 4.57. The van der Waals surface area contributed by atoms with Crippen LogP contribution in [0, 0.1) is 0 Å². The Bertz CT molecular complexity index is 608. The number of allylic oxidation sites excluding steroid dienone is 1. The topological polar surface area (TPSA) is 55.8 Å². The third-order valence-electron chi connectivity index (χ3n) is 4.80. The van der Waals surface area contributed by atoms with E-state index in [1.54, 1.807) is 0 Å². The number of rotatable bonds is 11. The lowest BCUT2D eigenvalue weighted by molar-refractivity contribution is -0.137. The summed E-state index contributed by atoms with van der Waals surface area (Å²) in [6, 6.07) is 5.75. The summed E-state index contributed by atoms with van der Waals surface area (Å²) in [5.41, 5.74) is 0.880. The normalized spacial score (nSPS) is 19.2. The quantitative estimate of drug-likeness (QED) is 0.416. The van der Waals surface area contributed by atoms with Crippen molar-refractivity contribution in [1.29, 1.82) is 0 Å². The van der Waals surface area contributed by atoms with E-state index >= 15 is 0 Å². The highest BCUT2D eigenvalue weighted by molar-refractivity contribution is 5.66. The van der Waals surface area contributed by atoms with E-state index in [1.807, 2.05) is 18.2 Å². The Labute approximate surface area is 157 Å². The molecule has 1 atom stereocenters. The number of benzene rings is 1. The highest BCUT2D eigenvalue weighted by atomic mass is 16.5. The van der Waals surface area contributed by atoms with Crippen LogP contribution in [-0.4, -0.2) is 23.3 Å². The Morgan fingerprint density at radius 1 is 1.31 bits per heavy atom. The molecule has 4 heteroatoms. The monoisotopic (exact) mass is 360 g/mol. The van der Waals surface area contributed by atoms with Crippen molar-refractivity contribution in [2.75, 3.05) is 6.61 Å². The molecule has 0 saturated carbocycles. The predicted octanol–water partition coefficient (Wildman–Crippen LogP) is 5.54. The molecular formula is C22H32O4. The van der Waals surface area contributed by atoms with Crippen LogP contribution in [0.15, 0.2) is 30.4 Å². The van der Waals surface area contributed by atoms with Crippen molar-refractivity contribution in [3.8, 4) is 11.5 Å². The first-order valence-electron chi connectivity index (χ1n) is 9.86. The van der Waals surface area contributed by atoms with Gasteiger partial charge in [-0.3, -0.25) is 4.79 Å². The Hall–Kier alpha value is -1.97. The van der Waals surface area contributed by atoms with E-state index in [9.17, 15) is 4.79 Å². The number of unbranched alkanes of at least 4 members (excludes halogenated alkanes) is 5. The second-order valence-corrected chi connectivity index (χ2v) is 7.28. The minimum Gasteiger partial charge on any atom is -0.493 e. The van der Waals surface area contributed by atoms with E-state index in [4.69, 9.17) is 14.6 Å².